The topological polar surface area (TPSA) is 58.6 Å². The van der Waals surface area contributed by atoms with E-state index in [0.29, 0.717) is 11.8 Å². The molecule has 0 spiro atoms. The van der Waals surface area contributed by atoms with Gasteiger partial charge in [0, 0.05) is 5.69 Å². The van der Waals surface area contributed by atoms with E-state index >= 15 is 0 Å². The number of methoxy groups -OCH3 is 1. The molecular formula is C19H20N2O3. The van der Waals surface area contributed by atoms with Gasteiger partial charge >= 0.3 is 0 Å². The molecule has 5 aliphatic rings. The lowest BCUT2D eigenvalue weighted by molar-refractivity contribution is -0.139. The highest BCUT2D eigenvalue weighted by Gasteiger charge is 2.66. The highest BCUT2D eigenvalue weighted by molar-refractivity contribution is 6.06. The second-order valence-corrected chi connectivity index (χ2v) is 7.32. The van der Waals surface area contributed by atoms with Gasteiger partial charge in [0.25, 0.3) is 0 Å². The van der Waals surface area contributed by atoms with E-state index in [0.717, 1.165) is 11.4 Å². The number of imide groups is 1. The number of rotatable bonds is 4. The minimum atomic E-state index is -0.117. The molecule has 24 heavy (non-hydrogen) atoms. The van der Waals surface area contributed by atoms with Gasteiger partial charge in [-0.15, -0.1) is 0 Å². The first-order chi connectivity index (χ1) is 11.7. The van der Waals surface area contributed by atoms with E-state index < -0.39 is 0 Å². The molecule has 5 heteroatoms. The number of carbonyl (C=O) groups excluding carboxylic acids is 2. The van der Waals surface area contributed by atoms with Crippen LogP contribution in [0.3, 0.4) is 0 Å². The average molecular weight is 324 g/mol. The van der Waals surface area contributed by atoms with E-state index in [4.69, 9.17) is 4.74 Å². The van der Waals surface area contributed by atoms with Crippen molar-refractivity contribution in [2.75, 3.05) is 19.1 Å². The molecule has 6 atom stereocenters. The SMILES string of the molecule is COc1ccc(NCN2C(=O)[C@@H]3[C@@H]4C=C[C@H]([C@H]5C[C@H]45)[C@@H]3C2=O)cc1. The number of hydrogen-bond acceptors (Lipinski definition) is 4. The largest absolute Gasteiger partial charge is 0.497 e. The van der Waals surface area contributed by atoms with Crippen LogP contribution in [-0.2, 0) is 9.59 Å². The summed E-state index contributed by atoms with van der Waals surface area (Å²) in [5.41, 5.74) is 0.871. The lowest BCUT2D eigenvalue weighted by atomic mass is 9.63. The highest BCUT2D eigenvalue weighted by Crippen LogP contribution is 2.65. The van der Waals surface area contributed by atoms with Crippen molar-refractivity contribution < 1.29 is 14.3 Å². The zero-order chi connectivity index (χ0) is 16.4. The number of anilines is 1. The zero-order valence-electron chi connectivity index (χ0n) is 13.5. The van der Waals surface area contributed by atoms with Crippen LogP contribution in [0, 0.1) is 35.5 Å². The number of hydrogen-bond donors (Lipinski definition) is 1. The molecule has 1 aliphatic heterocycles. The number of benzene rings is 1. The van der Waals surface area contributed by atoms with Crippen LogP contribution in [0.2, 0.25) is 0 Å². The van der Waals surface area contributed by atoms with Crippen molar-refractivity contribution in [3.8, 4) is 5.75 Å². The van der Waals surface area contributed by atoms with Crippen molar-refractivity contribution >= 4 is 17.5 Å². The summed E-state index contributed by atoms with van der Waals surface area (Å²) in [6.45, 7) is 0.242. The summed E-state index contributed by atoms with van der Waals surface area (Å²) in [5, 5.41) is 3.19. The Morgan fingerprint density at radius 2 is 1.62 bits per heavy atom. The minimum absolute atomic E-state index is 0.00992. The molecular weight excluding hydrogens is 304 g/mol. The summed E-state index contributed by atoms with van der Waals surface area (Å²) >= 11 is 0. The third-order valence-corrected chi connectivity index (χ3v) is 6.29. The monoisotopic (exact) mass is 324 g/mol. The van der Waals surface area contributed by atoms with E-state index in [1.165, 1.54) is 11.3 Å². The van der Waals surface area contributed by atoms with Gasteiger partial charge in [-0.1, -0.05) is 12.2 Å². The fourth-order valence-electron chi connectivity index (χ4n) is 5.05. The Balaban J connectivity index is 1.33. The van der Waals surface area contributed by atoms with Crippen LogP contribution in [0.25, 0.3) is 0 Å². The molecule has 1 N–H and O–H groups in total. The number of ether oxygens (including phenoxy) is 1. The molecule has 3 fully saturated rings. The summed E-state index contributed by atoms with van der Waals surface area (Å²) in [6.07, 6.45) is 5.59. The van der Waals surface area contributed by atoms with E-state index in [1.54, 1.807) is 7.11 Å². The Morgan fingerprint density at radius 1 is 1.04 bits per heavy atom. The first kappa shape index (κ1) is 14.1. The second-order valence-electron chi connectivity index (χ2n) is 7.32. The van der Waals surface area contributed by atoms with Crippen molar-refractivity contribution in [3.05, 3.63) is 36.4 Å². The molecule has 0 radical (unpaired) electrons. The van der Waals surface area contributed by atoms with Crippen LogP contribution < -0.4 is 10.1 Å². The first-order valence-corrected chi connectivity index (χ1v) is 8.60. The van der Waals surface area contributed by atoms with Crippen molar-refractivity contribution in [3.63, 3.8) is 0 Å². The van der Waals surface area contributed by atoms with Crippen LogP contribution in [0.5, 0.6) is 5.75 Å². The maximum atomic E-state index is 12.8. The van der Waals surface area contributed by atoms with Crippen molar-refractivity contribution in [2.24, 2.45) is 35.5 Å². The quantitative estimate of drug-likeness (QED) is 0.681. The maximum absolute atomic E-state index is 12.8. The lowest BCUT2D eigenvalue weighted by Crippen LogP contribution is -2.40. The van der Waals surface area contributed by atoms with E-state index in [2.05, 4.69) is 17.5 Å². The van der Waals surface area contributed by atoms with Gasteiger partial charge in [0.05, 0.1) is 25.6 Å². The Hall–Kier alpha value is -2.30. The molecule has 2 bridgehead atoms. The van der Waals surface area contributed by atoms with E-state index in [-0.39, 0.29) is 42.2 Å². The fourth-order valence-corrected chi connectivity index (χ4v) is 5.05. The third kappa shape index (κ3) is 1.81. The molecule has 1 heterocycles. The number of likely N-dealkylation sites (tertiary alicyclic amines) is 1. The number of nitrogens with one attached hydrogen (secondary N) is 1. The molecule has 2 amide bonds. The van der Waals surface area contributed by atoms with Crippen LogP contribution in [0.4, 0.5) is 5.69 Å². The van der Waals surface area contributed by atoms with Gasteiger partial charge in [0.15, 0.2) is 0 Å². The molecule has 1 aromatic rings. The zero-order valence-corrected chi connectivity index (χ0v) is 13.5. The minimum Gasteiger partial charge on any atom is -0.497 e. The maximum Gasteiger partial charge on any atom is 0.235 e. The summed E-state index contributed by atoms with van der Waals surface area (Å²) < 4.78 is 5.14. The molecule has 6 rings (SSSR count). The van der Waals surface area contributed by atoms with E-state index in [1.807, 2.05) is 24.3 Å². The number of nitrogens with zero attached hydrogens (tertiary/aromatic N) is 1. The molecule has 4 aliphatic carbocycles. The van der Waals surface area contributed by atoms with Gasteiger partial charge in [0.2, 0.25) is 11.8 Å². The number of amides is 2. The summed E-state index contributed by atoms with van der Waals surface area (Å²) in [5.74, 6) is 2.43. The van der Waals surface area contributed by atoms with Gasteiger partial charge < -0.3 is 10.1 Å². The summed E-state index contributed by atoms with van der Waals surface area (Å²) in [7, 11) is 1.62. The van der Waals surface area contributed by atoms with Crippen LogP contribution >= 0.6 is 0 Å². The molecule has 124 valence electrons. The molecule has 1 aromatic carbocycles. The van der Waals surface area contributed by atoms with Gasteiger partial charge in [0.1, 0.15) is 5.75 Å². The van der Waals surface area contributed by atoms with Crippen molar-refractivity contribution in [1.82, 2.24) is 4.90 Å². The Labute approximate surface area is 140 Å². The third-order valence-electron chi connectivity index (χ3n) is 6.29. The lowest BCUT2D eigenvalue weighted by Gasteiger charge is -2.37. The van der Waals surface area contributed by atoms with Crippen LogP contribution in [0.1, 0.15) is 6.42 Å². The van der Waals surface area contributed by atoms with Crippen molar-refractivity contribution in [2.45, 2.75) is 6.42 Å². The first-order valence-electron chi connectivity index (χ1n) is 8.60. The Kier molecular flexibility index (Phi) is 2.84. The molecule has 0 unspecified atom stereocenters. The van der Waals surface area contributed by atoms with Gasteiger partial charge in [-0.05, 0) is 54.4 Å². The fraction of sp³-hybridized carbons (Fsp3) is 0.474. The Bertz CT molecular complexity index is 705. The van der Waals surface area contributed by atoms with Crippen LogP contribution in [-0.4, -0.2) is 30.5 Å². The van der Waals surface area contributed by atoms with E-state index in [9.17, 15) is 9.59 Å². The molecule has 2 saturated carbocycles. The standard InChI is InChI=1S/C19H20N2O3/c1-24-11-4-2-10(3-5-11)20-9-21-18(22)16-12-6-7-13(15-8-14(12)15)17(16)19(21)23/h2-7,12-17,20H,8-9H2,1H3/t12-,13-,14-,15-,16-,17+/m1/s1. The highest BCUT2D eigenvalue weighted by atomic mass is 16.5. The van der Waals surface area contributed by atoms with Crippen molar-refractivity contribution in [1.29, 1.82) is 0 Å². The smallest absolute Gasteiger partial charge is 0.235 e. The van der Waals surface area contributed by atoms with Gasteiger partial charge in [-0.3, -0.25) is 14.5 Å². The predicted octanol–water partition coefficient (Wildman–Crippen LogP) is 2.12. The number of allylic oxidation sites excluding steroid dienone is 2. The second kappa shape index (κ2) is 4.85. The normalized spacial score (nSPS) is 38.1. The average Bonchev–Trinajstić information content (AvgIpc) is 3.39. The van der Waals surface area contributed by atoms with Gasteiger partial charge in [-0.25, -0.2) is 0 Å². The Morgan fingerprint density at radius 3 is 2.17 bits per heavy atom. The molecule has 1 saturated heterocycles. The summed E-state index contributed by atoms with van der Waals surface area (Å²) in [6, 6.07) is 7.48. The molecule has 0 aromatic heterocycles. The summed E-state index contributed by atoms with van der Waals surface area (Å²) in [4.78, 5) is 27.1. The predicted molar refractivity (Wildman–Crippen MR) is 88.0 cm³/mol. The molecule has 5 nitrogen and oxygen atoms in total. The van der Waals surface area contributed by atoms with Gasteiger partial charge in [-0.2, -0.15) is 0 Å². The van der Waals surface area contributed by atoms with Crippen LogP contribution in [0.15, 0.2) is 36.4 Å². The number of carbonyl (C=O) groups is 2.